The maximum absolute atomic E-state index is 6.82. The number of para-hydroxylation sites is 1. The van der Waals surface area contributed by atoms with Gasteiger partial charge in [-0.05, 0) is 86.8 Å². The van der Waals surface area contributed by atoms with Crippen LogP contribution in [0.4, 0.5) is 0 Å². The molecule has 1 aliphatic rings. The summed E-state index contributed by atoms with van der Waals surface area (Å²) < 4.78 is 11.7. The van der Waals surface area contributed by atoms with Crippen LogP contribution in [0, 0.1) is 0 Å². The Morgan fingerprint density at radius 3 is 1.80 bits per heavy atom. The Morgan fingerprint density at radius 2 is 1.06 bits per heavy atom. The monoisotopic (exact) mass is 848 g/mol. The van der Waals surface area contributed by atoms with E-state index in [0.29, 0.717) is 5.84 Å². The number of amidine groups is 2. The molecule has 13 aromatic rings. The number of hydrogen-bond acceptors (Lipinski definition) is 5. The van der Waals surface area contributed by atoms with E-state index in [1.54, 1.807) is 0 Å². The molecule has 0 bridgehead atoms. The molecule has 4 heterocycles. The molecule has 14 rings (SSSR count). The molecule has 0 amide bonds. The van der Waals surface area contributed by atoms with Crippen molar-refractivity contribution >= 4 is 108 Å². The summed E-state index contributed by atoms with van der Waals surface area (Å²) >= 11 is 1.81. The Balaban J connectivity index is 1.02. The van der Waals surface area contributed by atoms with Gasteiger partial charge in [-0.25, -0.2) is 9.98 Å². The summed E-state index contributed by atoms with van der Waals surface area (Å²) in [5.74, 6) is 1.41. The lowest BCUT2D eigenvalue weighted by Gasteiger charge is -2.24. The average Bonchev–Trinajstić information content (AvgIpc) is 4.03. The van der Waals surface area contributed by atoms with Crippen molar-refractivity contribution in [2.75, 3.05) is 0 Å². The molecule has 0 saturated carbocycles. The van der Waals surface area contributed by atoms with Crippen molar-refractivity contribution in [3.8, 4) is 16.8 Å². The summed E-state index contributed by atoms with van der Waals surface area (Å²) in [4.78, 5) is 10.9. The molecule has 5 nitrogen and oxygen atoms in total. The van der Waals surface area contributed by atoms with Crippen molar-refractivity contribution in [3.63, 3.8) is 0 Å². The van der Waals surface area contributed by atoms with Crippen LogP contribution in [0.25, 0.3) is 102 Å². The lowest BCUT2D eigenvalue weighted by Crippen LogP contribution is -2.33. The fourth-order valence-corrected chi connectivity index (χ4v) is 11.2. The molecular formula is C59H36N4OS. The van der Waals surface area contributed by atoms with Crippen molar-refractivity contribution < 1.29 is 4.42 Å². The second-order valence-electron chi connectivity index (χ2n) is 17.0. The van der Waals surface area contributed by atoms with Crippen LogP contribution in [-0.4, -0.2) is 16.2 Å². The lowest BCUT2D eigenvalue weighted by atomic mass is 10.0. The van der Waals surface area contributed by atoms with E-state index in [9.17, 15) is 0 Å². The normalized spacial score (nSPS) is 14.3. The number of aromatic nitrogens is 1. The average molecular weight is 849 g/mol. The van der Waals surface area contributed by atoms with Crippen molar-refractivity contribution in [2.24, 2.45) is 9.98 Å². The summed E-state index contributed by atoms with van der Waals surface area (Å²) in [6, 6.07) is 74.0. The first kappa shape index (κ1) is 36.2. The molecule has 1 atom stereocenters. The number of nitrogens with zero attached hydrogens (tertiary/aromatic N) is 3. The minimum absolute atomic E-state index is 0.414. The Labute approximate surface area is 376 Å². The van der Waals surface area contributed by atoms with Gasteiger partial charge in [-0.3, -0.25) is 0 Å². The molecule has 0 spiro atoms. The van der Waals surface area contributed by atoms with Gasteiger partial charge in [0.05, 0.1) is 16.7 Å². The van der Waals surface area contributed by atoms with Gasteiger partial charge in [0.15, 0.2) is 5.84 Å². The minimum atomic E-state index is -0.414. The first-order valence-corrected chi connectivity index (χ1v) is 22.8. The van der Waals surface area contributed by atoms with Gasteiger partial charge in [-0.15, -0.1) is 11.3 Å². The number of rotatable bonds is 5. The van der Waals surface area contributed by atoms with E-state index in [1.165, 1.54) is 58.1 Å². The third-order valence-electron chi connectivity index (χ3n) is 13.2. The third kappa shape index (κ3) is 5.78. The molecule has 10 aromatic carbocycles. The zero-order valence-corrected chi connectivity index (χ0v) is 35.7. The smallest absolute Gasteiger partial charge is 0.159 e. The second-order valence-corrected chi connectivity index (χ2v) is 18.1. The number of thiophene rings is 1. The molecule has 0 aliphatic carbocycles. The maximum atomic E-state index is 6.82. The van der Waals surface area contributed by atoms with Gasteiger partial charge in [0.2, 0.25) is 0 Å². The highest BCUT2D eigenvalue weighted by molar-refractivity contribution is 7.25. The summed E-state index contributed by atoms with van der Waals surface area (Å²) in [5.41, 5.74) is 10.2. The number of aliphatic imine (C=N–C) groups is 2. The van der Waals surface area contributed by atoms with E-state index in [0.717, 1.165) is 66.7 Å². The Bertz CT molecular complexity index is 4060. The van der Waals surface area contributed by atoms with Gasteiger partial charge in [0, 0.05) is 58.9 Å². The number of nitrogens with one attached hydrogen (secondary N) is 1. The van der Waals surface area contributed by atoms with Gasteiger partial charge in [0.1, 0.15) is 23.2 Å². The number of furan rings is 1. The zero-order chi connectivity index (χ0) is 42.6. The summed E-state index contributed by atoms with van der Waals surface area (Å²) in [5, 5.41) is 15.6. The molecule has 0 fully saturated rings. The van der Waals surface area contributed by atoms with E-state index in [-0.39, 0.29) is 0 Å². The predicted octanol–water partition coefficient (Wildman–Crippen LogP) is 15.5. The lowest BCUT2D eigenvalue weighted by molar-refractivity contribution is 0.667. The van der Waals surface area contributed by atoms with Crippen LogP contribution in [0.1, 0.15) is 22.9 Å². The molecule has 1 aliphatic heterocycles. The molecule has 0 radical (unpaired) electrons. The largest absolute Gasteiger partial charge is 0.456 e. The molecule has 0 saturated heterocycles. The first-order chi connectivity index (χ1) is 32.2. The van der Waals surface area contributed by atoms with Crippen LogP contribution in [0.3, 0.4) is 0 Å². The second kappa shape index (κ2) is 14.1. The molecule has 6 heteroatoms. The van der Waals surface area contributed by atoms with Gasteiger partial charge in [-0.1, -0.05) is 152 Å². The van der Waals surface area contributed by atoms with Crippen LogP contribution < -0.4 is 5.32 Å². The fraction of sp³-hybridized carbons (Fsp3) is 0.0169. The van der Waals surface area contributed by atoms with E-state index in [2.05, 4.69) is 210 Å². The zero-order valence-electron chi connectivity index (χ0n) is 34.9. The summed E-state index contributed by atoms with van der Waals surface area (Å²) in [7, 11) is 0. The van der Waals surface area contributed by atoms with Crippen molar-refractivity contribution in [1.29, 1.82) is 0 Å². The highest BCUT2D eigenvalue weighted by atomic mass is 32.1. The Hall–Kier alpha value is -8.32. The maximum Gasteiger partial charge on any atom is 0.159 e. The number of hydrogen-bond donors (Lipinski definition) is 1. The van der Waals surface area contributed by atoms with E-state index >= 15 is 0 Å². The highest BCUT2D eigenvalue weighted by Crippen LogP contribution is 2.41. The topological polar surface area (TPSA) is 54.8 Å². The standard InChI is InChI=1S/C59H36N4OS/c1-2-12-35(13-3-1)36-22-24-37(25-23-36)57-60-58(42-26-27-45-44-18-9-11-21-54(44)65-55(45)32-42)62-59(61-57)49-33-43(34-53-56(49)46-19-8-10-20-52(46)64-53)63-50-30-40-16-6-4-14-38(40)28-47(50)48-29-39-15-5-7-17-41(39)31-51(48)63/h1-34,57H,(H,60,61,62). The molecular weight excluding hydrogens is 813 g/mol. The van der Waals surface area contributed by atoms with Gasteiger partial charge < -0.3 is 14.3 Å². The Kier molecular flexibility index (Phi) is 7.85. The highest BCUT2D eigenvalue weighted by Gasteiger charge is 2.26. The van der Waals surface area contributed by atoms with Gasteiger partial charge >= 0.3 is 0 Å². The molecule has 1 unspecified atom stereocenters. The van der Waals surface area contributed by atoms with Crippen molar-refractivity contribution in [1.82, 2.24) is 9.88 Å². The van der Waals surface area contributed by atoms with Crippen LogP contribution in [0.15, 0.2) is 221 Å². The van der Waals surface area contributed by atoms with Crippen LogP contribution in [-0.2, 0) is 0 Å². The fourth-order valence-electron chi connectivity index (χ4n) is 10.1. The van der Waals surface area contributed by atoms with Crippen LogP contribution >= 0.6 is 11.3 Å². The van der Waals surface area contributed by atoms with Crippen molar-refractivity contribution in [3.05, 3.63) is 223 Å². The van der Waals surface area contributed by atoms with Crippen molar-refractivity contribution in [2.45, 2.75) is 6.17 Å². The molecule has 304 valence electrons. The number of benzene rings is 10. The minimum Gasteiger partial charge on any atom is -0.456 e. The first-order valence-electron chi connectivity index (χ1n) is 22.0. The van der Waals surface area contributed by atoms with E-state index < -0.39 is 6.17 Å². The molecule has 1 N–H and O–H groups in total. The van der Waals surface area contributed by atoms with Gasteiger partial charge in [-0.2, -0.15) is 0 Å². The summed E-state index contributed by atoms with van der Waals surface area (Å²) in [6.45, 7) is 0. The third-order valence-corrected chi connectivity index (χ3v) is 14.3. The SMILES string of the molecule is c1ccc(-c2ccc(C3N=C(c4ccc5c(c4)sc4ccccc45)N=C(c4cc(-n5c6cc7ccccc7cc6c6cc7ccccc7cc65)cc5oc6ccccc6c45)N3)cc2)cc1. The van der Waals surface area contributed by atoms with E-state index in [1.807, 2.05) is 17.4 Å². The van der Waals surface area contributed by atoms with E-state index in [4.69, 9.17) is 14.4 Å². The number of fused-ring (bicyclic) bond motifs is 11. The Morgan fingerprint density at radius 1 is 0.462 bits per heavy atom. The van der Waals surface area contributed by atoms with Crippen LogP contribution in [0.5, 0.6) is 0 Å². The van der Waals surface area contributed by atoms with Gasteiger partial charge in [0.25, 0.3) is 0 Å². The molecule has 3 aromatic heterocycles. The summed E-state index contributed by atoms with van der Waals surface area (Å²) in [6.07, 6.45) is -0.414. The quantitative estimate of drug-likeness (QED) is 0.188. The van der Waals surface area contributed by atoms with Crippen LogP contribution in [0.2, 0.25) is 0 Å². The predicted molar refractivity (Wildman–Crippen MR) is 273 cm³/mol. The molecule has 65 heavy (non-hydrogen) atoms.